The first-order valence-corrected chi connectivity index (χ1v) is 8.23. The molecule has 0 spiro atoms. The van der Waals surface area contributed by atoms with Crippen LogP contribution < -0.4 is 10.6 Å². The molecule has 4 heteroatoms. The Morgan fingerprint density at radius 3 is 2.84 bits per heavy atom. The van der Waals surface area contributed by atoms with E-state index in [1.54, 1.807) is 11.3 Å². The molecule has 1 aliphatic carbocycles. The van der Waals surface area contributed by atoms with E-state index in [4.69, 9.17) is 0 Å². The fraction of sp³-hybridized carbons (Fsp3) is 0.667. The highest BCUT2D eigenvalue weighted by atomic mass is 32.1. The molecule has 106 valence electrons. The van der Waals surface area contributed by atoms with Gasteiger partial charge in [0.25, 0.3) is 0 Å². The van der Waals surface area contributed by atoms with Gasteiger partial charge in [0.15, 0.2) is 5.96 Å². The van der Waals surface area contributed by atoms with Crippen molar-refractivity contribution < 1.29 is 0 Å². The van der Waals surface area contributed by atoms with Crippen LogP contribution in [0.2, 0.25) is 0 Å². The highest BCUT2D eigenvalue weighted by Crippen LogP contribution is 2.18. The molecule has 2 rings (SSSR count). The summed E-state index contributed by atoms with van der Waals surface area (Å²) >= 11 is 1.76. The summed E-state index contributed by atoms with van der Waals surface area (Å²) in [5.74, 6) is 1.48. The van der Waals surface area contributed by atoms with Gasteiger partial charge >= 0.3 is 0 Å². The molecule has 1 aromatic heterocycles. The molecule has 1 heterocycles. The molecular weight excluding hydrogens is 254 g/mol. The van der Waals surface area contributed by atoms with Crippen molar-refractivity contribution >= 4 is 17.3 Å². The number of nitrogens with one attached hydrogen (secondary N) is 2. The Hall–Kier alpha value is -1.03. The maximum absolute atomic E-state index is 4.33. The number of hydrogen-bond acceptors (Lipinski definition) is 2. The first-order chi connectivity index (χ1) is 9.29. The smallest absolute Gasteiger partial charge is 0.191 e. The summed E-state index contributed by atoms with van der Waals surface area (Å²) in [4.78, 5) is 4.33. The SMILES string of the molecule is CN=C(NCC(C)c1ccsc1)NC1CCCCC1. The number of rotatable bonds is 4. The van der Waals surface area contributed by atoms with Gasteiger partial charge in [0, 0.05) is 19.6 Å². The predicted molar refractivity (Wildman–Crippen MR) is 84.1 cm³/mol. The summed E-state index contributed by atoms with van der Waals surface area (Å²) in [5, 5.41) is 11.4. The minimum Gasteiger partial charge on any atom is -0.356 e. The second kappa shape index (κ2) is 7.53. The normalized spacial score (nSPS) is 19.2. The molecule has 1 atom stereocenters. The van der Waals surface area contributed by atoms with Crippen LogP contribution in [0, 0.1) is 0 Å². The fourth-order valence-electron chi connectivity index (χ4n) is 2.56. The quantitative estimate of drug-likeness (QED) is 0.655. The Balaban J connectivity index is 1.76. The highest BCUT2D eigenvalue weighted by molar-refractivity contribution is 7.07. The summed E-state index contributed by atoms with van der Waals surface area (Å²) in [7, 11) is 1.85. The summed E-state index contributed by atoms with van der Waals surface area (Å²) in [6.45, 7) is 3.19. The molecule has 2 N–H and O–H groups in total. The molecule has 0 bridgehead atoms. The lowest BCUT2D eigenvalue weighted by Crippen LogP contribution is -2.45. The lowest BCUT2D eigenvalue weighted by atomic mass is 9.96. The van der Waals surface area contributed by atoms with Crippen molar-refractivity contribution in [3.8, 4) is 0 Å². The van der Waals surface area contributed by atoms with Crippen molar-refractivity contribution in [3.63, 3.8) is 0 Å². The van der Waals surface area contributed by atoms with Crippen LogP contribution in [0.4, 0.5) is 0 Å². The molecule has 0 aromatic carbocycles. The second-order valence-corrected chi connectivity index (χ2v) is 6.17. The zero-order valence-electron chi connectivity index (χ0n) is 12.0. The van der Waals surface area contributed by atoms with Crippen LogP contribution in [0.3, 0.4) is 0 Å². The molecule has 0 saturated heterocycles. The number of guanidine groups is 1. The van der Waals surface area contributed by atoms with E-state index in [9.17, 15) is 0 Å². The van der Waals surface area contributed by atoms with E-state index in [1.807, 2.05) is 7.05 Å². The van der Waals surface area contributed by atoms with Crippen molar-refractivity contribution in [2.45, 2.75) is 51.0 Å². The molecule has 19 heavy (non-hydrogen) atoms. The minimum absolute atomic E-state index is 0.524. The fourth-order valence-corrected chi connectivity index (χ4v) is 3.34. The van der Waals surface area contributed by atoms with Crippen LogP contribution in [0.5, 0.6) is 0 Å². The van der Waals surface area contributed by atoms with Crippen molar-refractivity contribution in [2.75, 3.05) is 13.6 Å². The lowest BCUT2D eigenvalue weighted by molar-refractivity contribution is 0.409. The van der Waals surface area contributed by atoms with Gasteiger partial charge in [0.05, 0.1) is 0 Å². The Kier molecular flexibility index (Phi) is 5.70. The van der Waals surface area contributed by atoms with E-state index < -0.39 is 0 Å². The van der Waals surface area contributed by atoms with Crippen molar-refractivity contribution in [1.29, 1.82) is 0 Å². The third-order valence-corrected chi connectivity index (χ3v) is 4.56. The maximum atomic E-state index is 4.33. The zero-order valence-corrected chi connectivity index (χ0v) is 12.8. The van der Waals surface area contributed by atoms with E-state index >= 15 is 0 Å². The number of nitrogens with zero attached hydrogens (tertiary/aromatic N) is 1. The number of hydrogen-bond donors (Lipinski definition) is 2. The Morgan fingerprint density at radius 2 is 2.21 bits per heavy atom. The van der Waals surface area contributed by atoms with Crippen LogP contribution in [-0.2, 0) is 0 Å². The highest BCUT2D eigenvalue weighted by Gasteiger charge is 2.15. The zero-order chi connectivity index (χ0) is 13.5. The van der Waals surface area contributed by atoms with E-state index in [-0.39, 0.29) is 0 Å². The van der Waals surface area contributed by atoms with Gasteiger partial charge in [-0.25, -0.2) is 0 Å². The lowest BCUT2D eigenvalue weighted by Gasteiger charge is -2.25. The number of aliphatic imine (C=N–C) groups is 1. The predicted octanol–water partition coefficient (Wildman–Crippen LogP) is 3.35. The Morgan fingerprint density at radius 1 is 1.42 bits per heavy atom. The Labute approximate surface area is 120 Å². The average Bonchev–Trinajstić information content (AvgIpc) is 2.98. The van der Waals surface area contributed by atoms with E-state index in [0.29, 0.717) is 12.0 Å². The maximum Gasteiger partial charge on any atom is 0.191 e. The molecule has 1 fully saturated rings. The van der Waals surface area contributed by atoms with Gasteiger partial charge in [0.1, 0.15) is 0 Å². The Bertz CT molecular complexity index is 380. The number of thiophene rings is 1. The molecule has 1 unspecified atom stereocenters. The summed E-state index contributed by atoms with van der Waals surface area (Å²) in [6.07, 6.45) is 6.64. The third-order valence-electron chi connectivity index (χ3n) is 3.86. The topological polar surface area (TPSA) is 36.4 Å². The van der Waals surface area contributed by atoms with Gasteiger partial charge in [-0.2, -0.15) is 11.3 Å². The van der Waals surface area contributed by atoms with Gasteiger partial charge in [0.2, 0.25) is 0 Å². The van der Waals surface area contributed by atoms with Gasteiger partial charge in [-0.3, -0.25) is 4.99 Å². The monoisotopic (exact) mass is 279 g/mol. The largest absolute Gasteiger partial charge is 0.356 e. The van der Waals surface area contributed by atoms with E-state index in [0.717, 1.165) is 12.5 Å². The van der Waals surface area contributed by atoms with Crippen LogP contribution >= 0.6 is 11.3 Å². The summed E-state index contributed by atoms with van der Waals surface area (Å²) < 4.78 is 0. The molecule has 1 saturated carbocycles. The first-order valence-electron chi connectivity index (χ1n) is 7.29. The average molecular weight is 279 g/mol. The molecular formula is C15H25N3S. The van der Waals surface area contributed by atoms with Gasteiger partial charge in [-0.05, 0) is 41.1 Å². The van der Waals surface area contributed by atoms with E-state index in [1.165, 1.54) is 37.7 Å². The first kappa shape index (κ1) is 14.4. The summed E-state index contributed by atoms with van der Waals surface area (Å²) in [5.41, 5.74) is 1.41. The van der Waals surface area contributed by atoms with Gasteiger partial charge in [-0.15, -0.1) is 0 Å². The van der Waals surface area contributed by atoms with Crippen molar-refractivity contribution in [1.82, 2.24) is 10.6 Å². The van der Waals surface area contributed by atoms with Crippen molar-refractivity contribution in [3.05, 3.63) is 22.4 Å². The second-order valence-electron chi connectivity index (χ2n) is 5.39. The minimum atomic E-state index is 0.524. The van der Waals surface area contributed by atoms with Gasteiger partial charge < -0.3 is 10.6 Å². The standard InChI is InChI=1S/C15H25N3S/c1-12(13-8-9-19-11-13)10-17-15(16-2)18-14-6-4-3-5-7-14/h8-9,11-12,14H,3-7,10H2,1-2H3,(H2,16,17,18). The molecule has 0 radical (unpaired) electrons. The van der Waals surface area contributed by atoms with Crippen LogP contribution in [-0.4, -0.2) is 25.6 Å². The molecule has 3 nitrogen and oxygen atoms in total. The molecule has 1 aliphatic rings. The van der Waals surface area contributed by atoms with Crippen LogP contribution in [0.15, 0.2) is 21.8 Å². The van der Waals surface area contributed by atoms with Crippen molar-refractivity contribution in [2.24, 2.45) is 4.99 Å². The van der Waals surface area contributed by atoms with Gasteiger partial charge in [-0.1, -0.05) is 26.2 Å². The van der Waals surface area contributed by atoms with Crippen LogP contribution in [0.1, 0.15) is 50.5 Å². The van der Waals surface area contributed by atoms with Crippen LogP contribution in [0.25, 0.3) is 0 Å². The molecule has 1 aromatic rings. The third kappa shape index (κ3) is 4.53. The van der Waals surface area contributed by atoms with E-state index in [2.05, 4.69) is 39.4 Å². The summed E-state index contributed by atoms with van der Waals surface area (Å²) in [6, 6.07) is 2.81. The molecule has 0 aliphatic heterocycles. The molecule has 0 amide bonds.